The largest absolute Gasteiger partial charge is 0.493 e. The summed E-state index contributed by atoms with van der Waals surface area (Å²) in [6, 6.07) is 6.36. The van der Waals surface area contributed by atoms with Gasteiger partial charge in [0.05, 0.1) is 6.61 Å². The highest BCUT2D eigenvalue weighted by molar-refractivity contribution is 5.40. The van der Waals surface area contributed by atoms with E-state index in [1.54, 1.807) is 0 Å². The molecular formula is C15H25NO. The van der Waals surface area contributed by atoms with Crippen LogP contribution in [-0.4, -0.2) is 13.2 Å². The molecule has 0 atom stereocenters. The van der Waals surface area contributed by atoms with Gasteiger partial charge in [-0.05, 0) is 31.9 Å². The number of nitrogens with one attached hydrogen (secondary N) is 1. The first kappa shape index (κ1) is 14.0. The van der Waals surface area contributed by atoms with Crippen molar-refractivity contribution in [3.05, 3.63) is 29.3 Å². The summed E-state index contributed by atoms with van der Waals surface area (Å²) in [5.74, 6) is 1.07. The molecule has 0 saturated carbocycles. The van der Waals surface area contributed by atoms with Gasteiger partial charge in [-0.1, -0.05) is 38.5 Å². The van der Waals surface area contributed by atoms with Crippen LogP contribution in [0.2, 0.25) is 0 Å². The van der Waals surface area contributed by atoms with Crippen LogP contribution in [-0.2, 0) is 6.54 Å². The molecule has 96 valence electrons. The average molecular weight is 235 g/mol. The Morgan fingerprint density at radius 1 is 1.18 bits per heavy atom. The fourth-order valence-electron chi connectivity index (χ4n) is 1.79. The first-order chi connectivity index (χ1) is 8.29. The number of rotatable bonds is 8. The van der Waals surface area contributed by atoms with Crippen LogP contribution in [0.15, 0.2) is 18.2 Å². The fourth-order valence-corrected chi connectivity index (χ4v) is 1.79. The lowest BCUT2D eigenvalue weighted by Gasteiger charge is -2.14. The Bertz CT molecular complexity index is 323. The molecule has 0 aliphatic carbocycles. The van der Waals surface area contributed by atoms with E-state index in [9.17, 15) is 0 Å². The van der Waals surface area contributed by atoms with E-state index in [2.05, 4.69) is 44.3 Å². The molecule has 17 heavy (non-hydrogen) atoms. The monoisotopic (exact) mass is 235 g/mol. The highest BCUT2D eigenvalue weighted by Gasteiger charge is 2.05. The molecular weight excluding hydrogens is 210 g/mol. The number of para-hydroxylation sites is 1. The number of benzene rings is 1. The summed E-state index contributed by atoms with van der Waals surface area (Å²) in [6.07, 6.45) is 3.52. The molecule has 0 aliphatic heterocycles. The molecule has 0 fully saturated rings. The van der Waals surface area contributed by atoms with Gasteiger partial charge in [0.25, 0.3) is 0 Å². The third-order valence-electron chi connectivity index (χ3n) is 2.77. The van der Waals surface area contributed by atoms with Gasteiger partial charge < -0.3 is 10.1 Å². The third-order valence-corrected chi connectivity index (χ3v) is 2.77. The normalized spacial score (nSPS) is 10.5. The summed E-state index contributed by atoms with van der Waals surface area (Å²) in [7, 11) is 0. The molecule has 2 heteroatoms. The van der Waals surface area contributed by atoms with Gasteiger partial charge in [0.2, 0.25) is 0 Å². The zero-order valence-corrected chi connectivity index (χ0v) is 11.4. The molecule has 0 unspecified atom stereocenters. The maximum Gasteiger partial charge on any atom is 0.126 e. The quantitative estimate of drug-likeness (QED) is 0.694. The van der Waals surface area contributed by atoms with Gasteiger partial charge in [-0.25, -0.2) is 0 Å². The number of hydrogen-bond acceptors (Lipinski definition) is 2. The molecule has 0 radical (unpaired) electrons. The molecule has 0 heterocycles. The molecule has 0 saturated heterocycles. The summed E-state index contributed by atoms with van der Waals surface area (Å²) in [5.41, 5.74) is 2.50. The predicted molar refractivity (Wildman–Crippen MR) is 73.6 cm³/mol. The Morgan fingerprint density at radius 2 is 2.00 bits per heavy atom. The van der Waals surface area contributed by atoms with E-state index < -0.39 is 0 Å². The Balaban J connectivity index is 2.59. The molecule has 0 aromatic heterocycles. The second-order valence-electron chi connectivity index (χ2n) is 4.44. The van der Waals surface area contributed by atoms with Gasteiger partial charge >= 0.3 is 0 Å². The van der Waals surface area contributed by atoms with Crippen molar-refractivity contribution >= 4 is 0 Å². The molecule has 1 aromatic carbocycles. The zero-order valence-electron chi connectivity index (χ0n) is 11.4. The van der Waals surface area contributed by atoms with E-state index in [0.717, 1.165) is 31.9 Å². The zero-order chi connectivity index (χ0) is 12.5. The Kier molecular flexibility index (Phi) is 6.71. The van der Waals surface area contributed by atoms with Crippen molar-refractivity contribution in [1.82, 2.24) is 5.32 Å². The van der Waals surface area contributed by atoms with Crippen molar-refractivity contribution in [3.8, 4) is 5.75 Å². The lowest BCUT2D eigenvalue weighted by atomic mass is 10.1. The molecule has 1 N–H and O–H groups in total. The van der Waals surface area contributed by atoms with Crippen LogP contribution in [0, 0.1) is 6.92 Å². The first-order valence-electron chi connectivity index (χ1n) is 6.71. The third kappa shape index (κ3) is 4.78. The summed E-state index contributed by atoms with van der Waals surface area (Å²) in [6.45, 7) is 9.24. The van der Waals surface area contributed by atoms with E-state index in [0.29, 0.717) is 0 Å². The first-order valence-corrected chi connectivity index (χ1v) is 6.71. The van der Waals surface area contributed by atoms with Crippen molar-refractivity contribution in [2.24, 2.45) is 0 Å². The smallest absolute Gasteiger partial charge is 0.126 e. The second kappa shape index (κ2) is 8.13. The number of unbranched alkanes of at least 4 members (excludes halogenated alkanes) is 1. The van der Waals surface area contributed by atoms with Crippen LogP contribution >= 0.6 is 0 Å². The summed E-state index contributed by atoms with van der Waals surface area (Å²) < 4.78 is 5.83. The van der Waals surface area contributed by atoms with Crippen LogP contribution in [0.4, 0.5) is 0 Å². The Labute approximate surface area is 105 Å². The summed E-state index contributed by atoms with van der Waals surface area (Å²) in [5, 5.41) is 3.47. The molecule has 1 rings (SSSR count). The Morgan fingerprint density at radius 3 is 2.71 bits per heavy atom. The van der Waals surface area contributed by atoms with E-state index in [1.807, 2.05) is 0 Å². The minimum Gasteiger partial charge on any atom is -0.493 e. The van der Waals surface area contributed by atoms with Crippen LogP contribution in [0.25, 0.3) is 0 Å². The summed E-state index contributed by atoms with van der Waals surface area (Å²) in [4.78, 5) is 0. The minimum atomic E-state index is 0.798. The maximum atomic E-state index is 5.83. The maximum absolute atomic E-state index is 5.83. The molecule has 0 bridgehead atoms. The molecule has 2 nitrogen and oxygen atoms in total. The fraction of sp³-hybridized carbons (Fsp3) is 0.600. The van der Waals surface area contributed by atoms with Crippen molar-refractivity contribution < 1.29 is 4.74 Å². The molecule has 0 aliphatic rings. The van der Waals surface area contributed by atoms with Gasteiger partial charge in [-0.3, -0.25) is 0 Å². The van der Waals surface area contributed by atoms with Crippen LogP contribution in [0.1, 0.15) is 44.2 Å². The van der Waals surface area contributed by atoms with E-state index >= 15 is 0 Å². The van der Waals surface area contributed by atoms with Gasteiger partial charge in [-0.15, -0.1) is 0 Å². The van der Waals surface area contributed by atoms with E-state index in [4.69, 9.17) is 4.74 Å². The lowest BCUT2D eigenvalue weighted by Crippen LogP contribution is -2.15. The van der Waals surface area contributed by atoms with Gasteiger partial charge in [-0.2, -0.15) is 0 Å². The van der Waals surface area contributed by atoms with E-state index in [-0.39, 0.29) is 0 Å². The van der Waals surface area contributed by atoms with Crippen molar-refractivity contribution in [2.45, 2.75) is 46.6 Å². The highest BCUT2D eigenvalue weighted by Crippen LogP contribution is 2.23. The van der Waals surface area contributed by atoms with Gasteiger partial charge in [0.15, 0.2) is 0 Å². The van der Waals surface area contributed by atoms with Crippen molar-refractivity contribution in [2.75, 3.05) is 13.2 Å². The molecule has 0 spiro atoms. The van der Waals surface area contributed by atoms with Crippen molar-refractivity contribution in [1.29, 1.82) is 0 Å². The number of aryl methyl sites for hydroxylation is 1. The van der Waals surface area contributed by atoms with E-state index in [1.165, 1.54) is 24.0 Å². The number of hydrogen-bond donors (Lipinski definition) is 1. The number of ether oxygens (including phenoxy) is 1. The Hall–Kier alpha value is -1.02. The van der Waals surface area contributed by atoms with Crippen LogP contribution in [0.5, 0.6) is 5.75 Å². The predicted octanol–water partition coefficient (Wildman–Crippen LogP) is 3.67. The van der Waals surface area contributed by atoms with Crippen LogP contribution < -0.4 is 10.1 Å². The van der Waals surface area contributed by atoms with Gasteiger partial charge in [0, 0.05) is 12.1 Å². The van der Waals surface area contributed by atoms with Crippen molar-refractivity contribution in [3.63, 3.8) is 0 Å². The second-order valence-corrected chi connectivity index (χ2v) is 4.44. The highest BCUT2D eigenvalue weighted by atomic mass is 16.5. The standard InChI is InChI=1S/C15H25NO/c1-4-6-10-16-12-14-9-7-8-13(3)15(14)17-11-5-2/h7-9,16H,4-6,10-12H2,1-3H3. The SMILES string of the molecule is CCCCNCc1cccc(C)c1OCCC. The molecule has 0 amide bonds. The lowest BCUT2D eigenvalue weighted by molar-refractivity contribution is 0.311. The summed E-state index contributed by atoms with van der Waals surface area (Å²) >= 11 is 0. The topological polar surface area (TPSA) is 21.3 Å². The molecule has 1 aromatic rings. The van der Waals surface area contributed by atoms with Gasteiger partial charge in [0.1, 0.15) is 5.75 Å². The minimum absolute atomic E-state index is 0.798. The average Bonchev–Trinajstić information content (AvgIpc) is 2.34. The van der Waals surface area contributed by atoms with Crippen LogP contribution in [0.3, 0.4) is 0 Å².